The topological polar surface area (TPSA) is 101 Å². The van der Waals surface area contributed by atoms with Crippen molar-refractivity contribution in [3.63, 3.8) is 0 Å². The van der Waals surface area contributed by atoms with E-state index in [-0.39, 0.29) is 11.7 Å². The zero-order valence-corrected chi connectivity index (χ0v) is 27.7. The summed E-state index contributed by atoms with van der Waals surface area (Å²) in [5.41, 5.74) is 1.46. The number of hydrogen-bond donors (Lipinski definition) is 1. The number of nitrogens with zero attached hydrogens (tertiary/aromatic N) is 5. The van der Waals surface area contributed by atoms with Crippen molar-refractivity contribution < 1.29 is 19.0 Å². The first kappa shape index (κ1) is 32.8. The lowest BCUT2D eigenvalue weighted by atomic mass is 10.2. The Balaban J connectivity index is 1.21. The monoisotopic (exact) mass is 654 g/mol. The zero-order valence-electron chi connectivity index (χ0n) is 26.2. The van der Waals surface area contributed by atoms with E-state index >= 15 is 0 Å². The predicted molar refractivity (Wildman–Crippen MR) is 178 cm³/mol. The summed E-state index contributed by atoms with van der Waals surface area (Å²) in [5, 5.41) is 4.00. The number of carbonyl (C=O) groups excluding carboxylic acids is 1. The summed E-state index contributed by atoms with van der Waals surface area (Å²) in [6, 6.07) is 13.6. The maximum absolute atomic E-state index is 12.3. The molecule has 240 valence electrons. The molecule has 1 aliphatic carbocycles. The molecule has 0 spiro atoms. The van der Waals surface area contributed by atoms with E-state index < -0.39 is 5.60 Å². The highest BCUT2D eigenvalue weighted by atomic mass is 35.5. The molecular weight excluding hydrogens is 615 g/mol. The van der Waals surface area contributed by atoms with Crippen LogP contribution in [0.15, 0.2) is 53.8 Å². The number of hydrogen-bond acceptors (Lipinski definition) is 9. The second-order valence-corrected chi connectivity index (χ2v) is 13.2. The Morgan fingerprint density at radius 3 is 2.47 bits per heavy atom. The maximum atomic E-state index is 12.3. The van der Waals surface area contributed by atoms with Gasteiger partial charge in [0.1, 0.15) is 34.9 Å². The molecule has 1 amide bonds. The van der Waals surface area contributed by atoms with Gasteiger partial charge < -0.3 is 24.4 Å². The molecule has 12 heteroatoms. The van der Waals surface area contributed by atoms with Gasteiger partial charge in [0, 0.05) is 51.0 Å². The average Bonchev–Trinajstić information content (AvgIpc) is 3.74. The number of anilines is 1. The van der Waals surface area contributed by atoms with Gasteiger partial charge in [-0.1, -0.05) is 53.5 Å². The Morgan fingerprint density at radius 1 is 1.04 bits per heavy atom. The summed E-state index contributed by atoms with van der Waals surface area (Å²) in [6.45, 7) is 12.0. The lowest BCUT2D eigenvalue weighted by molar-refractivity contribution is 0.0137. The molecule has 2 heterocycles. The molecule has 0 radical (unpaired) electrons. The quantitative estimate of drug-likeness (QED) is 0.220. The number of piperazine rings is 1. The number of benzene rings is 2. The highest BCUT2D eigenvalue weighted by Gasteiger charge is 2.41. The second-order valence-electron chi connectivity index (χ2n) is 12.5. The SMILES string of the molecule is CC(C)(C)OC(=O)N1CCN(CCOc2ccc(C=Nc3c(NCc4ccccc4)ncnc3OC3(C)CC3)c(Cl)c2Cl)CC1. The first-order valence-corrected chi connectivity index (χ1v) is 15.9. The van der Waals surface area contributed by atoms with Crippen molar-refractivity contribution in [3.05, 3.63) is 70.0 Å². The molecule has 1 saturated heterocycles. The van der Waals surface area contributed by atoms with Gasteiger partial charge in [-0.15, -0.1) is 0 Å². The number of halogens is 2. The number of carbonyl (C=O) groups is 1. The van der Waals surface area contributed by atoms with Crippen molar-refractivity contribution in [2.24, 2.45) is 4.99 Å². The lowest BCUT2D eigenvalue weighted by Gasteiger charge is -2.35. The Kier molecular flexibility index (Phi) is 10.4. The van der Waals surface area contributed by atoms with E-state index in [9.17, 15) is 4.79 Å². The molecule has 1 saturated carbocycles. The molecule has 2 fully saturated rings. The van der Waals surface area contributed by atoms with Crippen LogP contribution in [0.5, 0.6) is 11.6 Å². The third kappa shape index (κ3) is 9.22. The normalized spacial score (nSPS) is 16.4. The van der Waals surface area contributed by atoms with Crippen LogP contribution >= 0.6 is 23.2 Å². The number of nitrogens with one attached hydrogen (secondary N) is 1. The number of amides is 1. The van der Waals surface area contributed by atoms with E-state index in [0.717, 1.165) is 31.5 Å². The van der Waals surface area contributed by atoms with Crippen LogP contribution in [0.25, 0.3) is 0 Å². The molecule has 3 aromatic rings. The molecule has 0 bridgehead atoms. The van der Waals surface area contributed by atoms with Crippen molar-refractivity contribution in [1.29, 1.82) is 0 Å². The summed E-state index contributed by atoms with van der Waals surface area (Å²) in [4.78, 5) is 29.9. The Bertz CT molecular complexity index is 1500. The molecule has 1 N–H and O–H groups in total. The first-order chi connectivity index (χ1) is 21.5. The fourth-order valence-electron chi connectivity index (χ4n) is 4.63. The van der Waals surface area contributed by atoms with E-state index in [0.29, 0.717) is 71.5 Å². The van der Waals surface area contributed by atoms with Crippen LogP contribution in [0.3, 0.4) is 0 Å². The minimum Gasteiger partial charge on any atom is -0.491 e. The molecule has 1 aromatic heterocycles. The summed E-state index contributed by atoms with van der Waals surface area (Å²) < 4.78 is 17.7. The van der Waals surface area contributed by atoms with Gasteiger partial charge in [0.15, 0.2) is 11.5 Å². The first-order valence-electron chi connectivity index (χ1n) is 15.2. The minimum absolute atomic E-state index is 0.249. The fourth-order valence-corrected chi connectivity index (χ4v) is 5.06. The second kappa shape index (κ2) is 14.2. The van der Waals surface area contributed by atoms with Crippen LogP contribution in [0.4, 0.5) is 16.3 Å². The Labute approximate surface area is 274 Å². The van der Waals surface area contributed by atoms with E-state index in [4.69, 9.17) is 42.4 Å². The predicted octanol–water partition coefficient (Wildman–Crippen LogP) is 7.01. The van der Waals surface area contributed by atoms with E-state index in [1.165, 1.54) is 6.33 Å². The fraction of sp³-hybridized carbons (Fsp3) is 0.455. The van der Waals surface area contributed by atoms with Crippen LogP contribution in [0.1, 0.15) is 51.7 Å². The van der Waals surface area contributed by atoms with Crippen LogP contribution in [-0.4, -0.2) is 82.6 Å². The van der Waals surface area contributed by atoms with E-state index in [1.54, 1.807) is 17.2 Å². The molecule has 1 aliphatic heterocycles. The molecule has 0 unspecified atom stereocenters. The van der Waals surface area contributed by atoms with E-state index in [2.05, 4.69) is 27.1 Å². The number of aliphatic imine (C=N–C) groups is 1. The van der Waals surface area contributed by atoms with Gasteiger partial charge >= 0.3 is 6.09 Å². The molecular formula is C33H40Cl2N6O4. The van der Waals surface area contributed by atoms with Crippen LogP contribution in [0, 0.1) is 0 Å². The zero-order chi connectivity index (χ0) is 32.0. The van der Waals surface area contributed by atoms with Crippen LogP contribution in [-0.2, 0) is 11.3 Å². The van der Waals surface area contributed by atoms with Crippen molar-refractivity contribution in [1.82, 2.24) is 19.8 Å². The molecule has 2 aliphatic rings. The molecule has 5 rings (SSSR count). The maximum Gasteiger partial charge on any atom is 0.410 e. The summed E-state index contributed by atoms with van der Waals surface area (Å²) in [5.74, 6) is 1.45. The molecule has 2 aromatic carbocycles. The highest BCUT2D eigenvalue weighted by molar-refractivity contribution is 6.44. The van der Waals surface area contributed by atoms with Gasteiger partial charge in [0.2, 0.25) is 5.88 Å². The third-order valence-electron chi connectivity index (χ3n) is 7.49. The number of aromatic nitrogens is 2. The van der Waals surface area contributed by atoms with Crippen molar-refractivity contribution in [2.75, 3.05) is 44.6 Å². The Morgan fingerprint density at radius 2 is 1.78 bits per heavy atom. The van der Waals surface area contributed by atoms with Gasteiger partial charge in [0.25, 0.3) is 0 Å². The van der Waals surface area contributed by atoms with Crippen LogP contribution in [0.2, 0.25) is 10.0 Å². The third-order valence-corrected chi connectivity index (χ3v) is 8.37. The van der Waals surface area contributed by atoms with Gasteiger partial charge in [-0.3, -0.25) is 4.90 Å². The van der Waals surface area contributed by atoms with E-state index in [1.807, 2.05) is 57.2 Å². The molecule has 0 atom stereocenters. The summed E-state index contributed by atoms with van der Waals surface area (Å²) >= 11 is 13.3. The summed E-state index contributed by atoms with van der Waals surface area (Å²) in [6.07, 6.45) is 4.75. The smallest absolute Gasteiger partial charge is 0.410 e. The van der Waals surface area contributed by atoms with Gasteiger partial charge in [0.05, 0.1) is 5.02 Å². The van der Waals surface area contributed by atoms with Crippen molar-refractivity contribution >= 4 is 47.0 Å². The minimum atomic E-state index is -0.505. The van der Waals surface area contributed by atoms with Gasteiger partial charge in [-0.05, 0) is 58.2 Å². The number of ether oxygens (including phenoxy) is 3. The van der Waals surface area contributed by atoms with Gasteiger partial charge in [-0.25, -0.2) is 14.8 Å². The standard InChI is InChI=1S/C33H40Cl2N6O4/c1-32(2,3)45-31(42)41-16-14-40(15-17-41)18-19-43-25-11-10-24(26(34)27(25)35)21-36-28-29(37-20-23-8-6-5-7-9-23)38-22-39-30(28)44-33(4)12-13-33/h5-11,21-22H,12-20H2,1-4H3,(H,37,38,39). The molecule has 10 nitrogen and oxygen atoms in total. The molecule has 45 heavy (non-hydrogen) atoms. The van der Waals surface area contributed by atoms with Gasteiger partial charge in [-0.2, -0.15) is 4.98 Å². The largest absolute Gasteiger partial charge is 0.491 e. The van der Waals surface area contributed by atoms with Crippen LogP contribution < -0.4 is 14.8 Å². The van der Waals surface area contributed by atoms with Crippen molar-refractivity contribution in [3.8, 4) is 11.6 Å². The van der Waals surface area contributed by atoms with Crippen molar-refractivity contribution in [2.45, 2.75) is 58.3 Å². The highest BCUT2D eigenvalue weighted by Crippen LogP contribution is 2.43. The number of rotatable bonds is 11. The summed E-state index contributed by atoms with van der Waals surface area (Å²) in [7, 11) is 0. The average molecular weight is 656 g/mol. The Hall–Kier alpha value is -3.60. The lowest BCUT2D eigenvalue weighted by Crippen LogP contribution is -2.50.